The third-order valence-electron chi connectivity index (χ3n) is 4.10. The van der Waals surface area contributed by atoms with Gasteiger partial charge in [0.15, 0.2) is 0 Å². The van der Waals surface area contributed by atoms with E-state index in [0.717, 1.165) is 25.3 Å². The van der Waals surface area contributed by atoms with E-state index < -0.39 is 5.82 Å². The largest absolute Gasteiger partial charge is 0.352 e. The molecule has 0 spiro atoms. The molecular formula is C17H24BrFN2O. The minimum absolute atomic E-state index is 0.224. The fourth-order valence-electron chi connectivity index (χ4n) is 2.92. The minimum Gasteiger partial charge on any atom is -0.352 e. The van der Waals surface area contributed by atoms with Crippen molar-refractivity contribution in [1.82, 2.24) is 10.2 Å². The van der Waals surface area contributed by atoms with Crippen molar-refractivity contribution in [3.63, 3.8) is 0 Å². The highest BCUT2D eigenvalue weighted by Gasteiger charge is 2.15. The maximum absolute atomic E-state index is 13.2. The molecule has 1 aliphatic rings. The van der Waals surface area contributed by atoms with Crippen LogP contribution in [0.1, 0.15) is 43.0 Å². The number of nitrogens with one attached hydrogen (secondary N) is 1. The van der Waals surface area contributed by atoms with E-state index in [1.165, 1.54) is 38.1 Å². The van der Waals surface area contributed by atoms with Gasteiger partial charge in [0.05, 0.1) is 5.56 Å². The topological polar surface area (TPSA) is 32.3 Å². The van der Waals surface area contributed by atoms with Crippen LogP contribution >= 0.6 is 15.9 Å². The smallest absolute Gasteiger partial charge is 0.252 e. The number of hydrogen-bond donors (Lipinski definition) is 1. The number of carbonyl (C=O) groups is 1. The van der Waals surface area contributed by atoms with Gasteiger partial charge in [-0.3, -0.25) is 4.79 Å². The normalized spacial score (nSPS) is 19.1. The standard InChI is InChI=1S/C17H24BrFN2O/c1-13-5-4-10-21(12-13)9-3-2-8-20-17(22)15-11-14(19)6-7-16(15)18/h6-7,11,13H,2-5,8-10,12H2,1H3,(H,20,22). The SMILES string of the molecule is CC1CCCN(CCCCNC(=O)c2cc(F)ccc2Br)C1. The summed E-state index contributed by atoms with van der Waals surface area (Å²) in [6, 6.07) is 4.15. The second-order valence-corrected chi connectivity index (χ2v) is 6.99. The zero-order chi connectivity index (χ0) is 15.9. The summed E-state index contributed by atoms with van der Waals surface area (Å²) in [5, 5.41) is 2.86. The van der Waals surface area contributed by atoms with Gasteiger partial charge in [-0.05, 0) is 78.8 Å². The van der Waals surface area contributed by atoms with Gasteiger partial charge in [0.2, 0.25) is 0 Å². The number of hydrogen-bond acceptors (Lipinski definition) is 2. The summed E-state index contributed by atoms with van der Waals surface area (Å²) in [7, 11) is 0. The van der Waals surface area contributed by atoms with E-state index in [1.54, 1.807) is 6.07 Å². The zero-order valence-electron chi connectivity index (χ0n) is 13.1. The fraction of sp³-hybridized carbons (Fsp3) is 0.588. The summed E-state index contributed by atoms with van der Waals surface area (Å²) in [5.41, 5.74) is 0.352. The number of amides is 1. The molecule has 122 valence electrons. The predicted octanol–water partition coefficient (Wildman–Crippen LogP) is 3.83. The highest BCUT2D eigenvalue weighted by molar-refractivity contribution is 9.10. The molecule has 1 unspecified atom stereocenters. The maximum atomic E-state index is 13.2. The Morgan fingerprint density at radius 2 is 2.27 bits per heavy atom. The van der Waals surface area contributed by atoms with Gasteiger partial charge < -0.3 is 10.2 Å². The van der Waals surface area contributed by atoms with Crippen LogP contribution in [0, 0.1) is 11.7 Å². The fourth-order valence-corrected chi connectivity index (χ4v) is 3.35. The van der Waals surface area contributed by atoms with Crippen LogP contribution in [-0.2, 0) is 0 Å². The van der Waals surface area contributed by atoms with Gasteiger partial charge >= 0.3 is 0 Å². The van der Waals surface area contributed by atoms with Crippen molar-refractivity contribution in [3.05, 3.63) is 34.1 Å². The number of benzene rings is 1. The molecule has 22 heavy (non-hydrogen) atoms. The average molecular weight is 371 g/mol. The van der Waals surface area contributed by atoms with Crippen LogP contribution < -0.4 is 5.32 Å². The Bertz CT molecular complexity index is 509. The lowest BCUT2D eigenvalue weighted by atomic mass is 10.0. The molecule has 0 aromatic heterocycles. The van der Waals surface area contributed by atoms with Gasteiger partial charge in [0.25, 0.3) is 5.91 Å². The zero-order valence-corrected chi connectivity index (χ0v) is 14.7. The van der Waals surface area contributed by atoms with Crippen molar-refractivity contribution in [3.8, 4) is 0 Å². The Kier molecular flexibility index (Phi) is 6.83. The highest BCUT2D eigenvalue weighted by Crippen LogP contribution is 2.18. The number of unbranched alkanes of at least 4 members (excludes halogenated alkanes) is 1. The molecule has 0 radical (unpaired) electrons. The second-order valence-electron chi connectivity index (χ2n) is 6.14. The predicted molar refractivity (Wildman–Crippen MR) is 90.5 cm³/mol. The average Bonchev–Trinajstić information content (AvgIpc) is 2.49. The first-order valence-electron chi connectivity index (χ1n) is 8.02. The first-order chi connectivity index (χ1) is 10.6. The molecule has 1 fully saturated rings. The number of piperidine rings is 1. The van der Waals surface area contributed by atoms with E-state index in [4.69, 9.17) is 0 Å². The number of carbonyl (C=O) groups excluding carboxylic acids is 1. The molecule has 1 heterocycles. The molecule has 5 heteroatoms. The summed E-state index contributed by atoms with van der Waals surface area (Å²) in [6.45, 7) is 6.44. The van der Waals surface area contributed by atoms with E-state index in [1.807, 2.05) is 0 Å². The van der Waals surface area contributed by atoms with Gasteiger partial charge in [-0.15, -0.1) is 0 Å². The van der Waals surface area contributed by atoms with Gasteiger partial charge in [0.1, 0.15) is 5.82 Å². The molecule has 1 aromatic carbocycles. The van der Waals surface area contributed by atoms with Crippen LogP contribution in [0.15, 0.2) is 22.7 Å². The molecular weight excluding hydrogens is 347 g/mol. The molecule has 2 rings (SSSR count). The Morgan fingerprint density at radius 3 is 3.05 bits per heavy atom. The van der Waals surface area contributed by atoms with Crippen molar-refractivity contribution in [1.29, 1.82) is 0 Å². The highest BCUT2D eigenvalue weighted by atomic mass is 79.9. The number of halogens is 2. The van der Waals surface area contributed by atoms with Crippen LogP contribution in [0.3, 0.4) is 0 Å². The van der Waals surface area contributed by atoms with E-state index in [-0.39, 0.29) is 5.91 Å². The van der Waals surface area contributed by atoms with Crippen molar-refractivity contribution in [2.45, 2.75) is 32.6 Å². The molecule has 3 nitrogen and oxygen atoms in total. The molecule has 0 aliphatic carbocycles. The molecule has 1 N–H and O–H groups in total. The number of rotatable bonds is 6. The molecule has 1 aromatic rings. The van der Waals surface area contributed by atoms with Gasteiger partial charge in [-0.1, -0.05) is 6.92 Å². The third-order valence-corrected chi connectivity index (χ3v) is 4.79. The molecule has 1 aliphatic heterocycles. The van der Waals surface area contributed by atoms with Gasteiger partial charge in [-0.2, -0.15) is 0 Å². The third kappa shape index (κ3) is 5.36. The Labute approximate surface area is 140 Å². The second kappa shape index (κ2) is 8.63. The van der Waals surface area contributed by atoms with E-state index >= 15 is 0 Å². The van der Waals surface area contributed by atoms with E-state index in [2.05, 4.69) is 33.1 Å². The lowest BCUT2D eigenvalue weighted by Gasteiger charge is -2.30. The summed E-state index contributed by atoms with van der Waals surface area (Å²) >= 11 is 3.28. The van der Waals surface area contributed by atoms with Crippen LogP contribution in [0.4, 0.5) is 4.39 Å². The summed E-state index contributed by atoms with van der Waals surface area (Å²) in [4.78, 5) is 14.5. The van der Waals surface area contributed by atoms with Crippen LogP contribution in [0.5, 0.6) is 0 Å². The van der Waals surface area contributed by atoms with Crippen LogP contribution in [-0.4, -0.2) is 37.0 Å². The number of nitrogens with zero attached hydrogens (tertiary/aromatic N) is 1. The Hall–Kier alpha value is -0.940. The van der Waals surface area contributed by atoms with Crippen molar-refractivity contribution >= 4 is 21.8 Å². The monoisotopic (exact) mass is 370 g/mol. The summed E-state index contributed by atoms with van der Waals surface area (Å²) < 4.78 is 13.8. The van der Waals surface area contributed by atoms with E-state index in [9.17, 15) is 9.18 Å². The summed E-state index contributed by atoms with van der Waals surface area (Å²) in [6.07, 6.45) is 4.67. The van der Waals surface area contributed by atoms with Crippen molar-refractivity contribution in [2.24, 2.45) is 5.92 Å². The molecule has 0 saturated carbocycles. The molecule has 0 bridgehead atoms. The molecule has 1 amide bonds. The quantitative estimate of drug-likeness (QED) is 0.771. The maximum Gasteiger partial charge on any atom is 0.252 e. The van der Waals surface area contributed by atoms with E-state index in [0.29, 0.717) is 16.6 Å². The lowest BCUT2D eigenvalue weighted by Crippen LogP contribution is -2.35. The Balaban J connectivity index is 1.66. The number of likely N-dealkylation sites (tertiary alicyclic amines) is 1. The molecule has 1 saturated heterocycles. The minimum atomic E-state index is -0.396. The first kappa shape index (κ1) is 17.4. The first-order valence-corrected chi connectivity index (χ1v) is 8.81. The summed E-state index contributed by atoms with van der Waals surface area (Å²) in [5.74, 6) is 0.185. The lowest BCUT2D eigenvalue weighted by molar-refractivity contribution is 0.0951. The van der Waals surface area contributed by atoms with Gasteiger partial charge in [-0.25, -0.2) is 4.39 Å². The molecule has 1 atom stereocenters. The van der Waals surface area contributed by atoms with Crippen molar-refractivity contribution < 1.29 is 9.18 Å². The van der Waals surface area contributed by atoms with Gasteiger partial charge in [0, 0.05) is 17.6 Å². The van der Waals surface area contributed by atoms with Crippen LogP contribution in [0.2, 0.25) is 0 Å². The van der Waals surface area contributed by atoms with Crippen molar-refractivity contribution in [2.75, 3.05) is 26.2 Å². The Morgan fingerprint density at radius 1 is 1.45 bits per heavy atom. The van der Waals surface area contributed by atoms with Crippen LogP contribution in [0.25, 0.3) is 0 Å².